The zero-order valence-corrected chi connectivity index (χ0v) is 11.5. The number of halogens is 1. The summed E-state index contributed by atoms with van der Waals surface area (Å²) in [7, 11) is 0. The molecule has 0 atom stereocenters. The normalized spacial score (nSPS) is 10.3. The van der Waals surface area contributed by atoms with Crippen LogP contribution in [0.3, 0.4) is 0 Å². The van der Waals surface area contributed by atoms with Crippen LogP contribution in [0.1, 0.15) is 26.2 Å². The Labute approximate surface area is 110 Å². The molecule has 0 amide bonds. The van der Waals surface area contributed by atoms with Crippen molar-refractivity contribution in [1.29, 1.82) is 0 Å². The summed E-state index contributed by atoms with van der Waals surface area (Å²) in [4.78, 5) is 8.34. The maximum absolute atomic E-state index is 8.64. The zero-order chi connectivity index (χ0) is 12.5. The topological polar surface area (TPSA) is 67.3 Å². The maximum Gasteiger partial charge on any atom is 0.232 e. The van der Waals surface area contributed by atoms with Crippen molar-refractivity contribution in [1.82, 2.24) is 9.97 Å². The lowest BCUT2D eigenvalue weighted by Crippen LogP contribution is -2.05. The Hall–Kier alpha value is -0.880. The van der Waals surface area contributed by atoms with Crippen LogP contribution in [0.4, 0.5) is 5.95 Å². The second-order valence-electron chi connectivity index (χ2n) is 3.51. The van der Waals surface area contributed by atoms with Crippen molar-refractivity contribution < 1.29 is 9.84 Å². The summed E-state index contributed by atoms with van der Waals surface area (Å²) in [6, 6.07) is 0. The average Bonchev–Trinajstić information content (AvgIpc) is 2.33. The predicted molar refractivity (Wildman–Crippen MR) is 70.3 cm³/mol. The molecule has 0 saturated heterocycles. The maximum atomic E-state index is 8.64. The van der Waals surface area contributed by atoms with E-state index in [1.54, 1.807) is 6.20 Å². The van der Waals surface area contributed by atoms with Crippen LogP contribution in [0, 0.1) is 0 Å². The fraction of sp³-hybridized carbons (Fsp3) is 0.636. The van der Waals surface area contributed by atoms with Gasteiger partial charge in [-0.1, -0.05) is 0 Å². The predicted octanol–water partition coefficient (Wildman–Crippen LogP) is 2.21. The van der Waals surface area contributed by atoms with Gasteiger partial charge in [-0.15, -0.1) is 0 Å². The minimum absolute atomic E-state index is 0.238. The molecule has 1 rings (SSSR count). The van der Waals surface area contributed by atoms with Crippen LogP contribution >= 0.6 is 15.9 Å². The van der Waals surface area contributed by atoms with Gasteiger partial charge in [-0.05, 0) is 42.1 Å². The number of hydrogen-bond donors (Lipinski definition) is 2. The van der Waals surface area contributed by atoms with Gasteiger partial charge in [0.15, 0.2) is 0 Å². The van der Waals surface area contributed by atoms with E-state index in [9.17, 15) is 0 Å². The van der Waals surface area contributed by atoms with E-state index in [2.05, 4.69) is 31.2 Å². The monoisotopic (exact) mass is 303 g/mol. The summed E-state index contributed by atoms with van der Waals surface area (Å²) in [5.41, 5.74) is 0. The van der Waals surface area contributed by atoms with Gasteiger partial charge in [-0.25, -0.2) is 4.98 Å². The molecule has 1 aromatic rings. The number of anilines is 1. The molecule has 1 aromatic heterocycles. The molecule has 17 heavy (non-hydrogen) atoms. The molecule has 0 fully saturated rings. The molecular weight excluding hydrogens is 286 g/mol. The standard InChI is InChI=1S/C11H18BrN3O2/c1-2-13-11-14-8-9(12)10(15-11)17-7-5-3-4-6-16/h8,16H,2-7H2,1H3,(H,13,14,15). The summed E-state index contributed by atoms with van der Waals surface area (Å²) in [6.45, 7) is 3.60. The van der Waals surface area contributed by atoms with Gasteiger partial charge in [0.2, 0.25) is 11.8 Å². The van der Waals surface area contributed by atoms with E-state index in [-0.39, 0.29) is 6.61 Å². The van der Waals surface area contributed by atoms with E-state index in [4.69, 9.17) is 9.84 Å². The number of ether oxygens (including phenoxy) is 1. The third-order valence-corrected chi connectivity index (χ3v) is 2.63. The minimum Gasteiger partial charge on any atom is -0.477 e. The zero-order valence-electron chi connectivity index (χ0n) is 9.95. The van der Waals surface area contributed by atoms with Gasteiger partial charge in [-0.3, -0.25) is 0 Å². The van der Waals surface area contributed by atoms with E-state index in [0.29, 0.717) is 18.4 Å². The number of hydrogen-bond acceptors (Lipinski definition) is 5. The molecule has 0 aromatic carbocycles. The Balaban J connectivity index is 2.42. The van der Waals surface area contributed by atoms with Gasteiger partial charge >= 0.3 is 0 Å². The molecule has 0 unspecified atom stereocenters. The number of nitrogens with one attached hydrogen (secondary N) is 1. The van der Waals surface area contributed by atoms with Gasteiger partial charge in [0.25, 0.3) is 0 Å². The lowest BCUT2D eigenvalue weighted by Gasteiger charge is -2.08. The molecule has 0 bridgehead atoms. The van der Waals surface area contributed by atoms with Gasteiger partial charge < -0.3 is 15.2 Å². The number of rotatable bonds is 8. The molecule has 0 aliphatic heterocycles. The first kappa shape index (κ1) is 14.2. The molecule has 96 valence electrons. The fourth-order valence-corrected chi connectivity index (χ4v) is 1.56. The Morgan fingerprint density at radius 2 is 2.24 bits per heavy atom. The molecule has 2 N–H and O–H groups in total. The highest BCUT2D eigenvalue weighted by Crippen LogP contribution is 2.22. The molecule has 0 spiro atoms. The van der Waals surface area contributed by atoms with Gasteiger partial charge in [-0.2, -0.15) is 4.98 Å². The highest BCUT2D eigenvalue weighted by molar-refractivity contribution is 9.10. The Morgan fingerprint density at radius 1 is 1.41 bits per heavy atom. The van der Waals surface area contributed by atoms with Crippen molar-refractivity contribution in [3.63, 3.8) is 0 Å². The lowest BCUT2D eigenvalue weighted by atomic mass is 10.2. The van der Waals surface area contributed by atoms with Crippen LogP contribution in [0.15, 0.2) is 10.7 Å². The smallest absolute Gasteiger partial charge is 0.232 e. The summed E-state index contributed by atoms with van der Waals surface area (Å²) >= 11 is 3.35. The quantitative estimate of drug-likeness (QED) is 0.721. The largest absolute Gasteiger partial charge is 0.477 e. The fourth-order valence-electron chi connectivity index (χ4n) is 1.26. The summed E-state index contributed by atoms with van der Waals surface area (Å²) in [6.07, 6.45) is 4.36. The molecule has 1 heterocycles. The van der Waals surface area contributed by atoms with Crippen LogP contribution in [0.25, 0.3) is 0 Å². The van der Waals surface area contributed by atoms with E-state index in [1.807, 2.05) is 6.92 Å². The summed E-state index contributed by atoms with van der Waals surface area (Å²) < 4.78 is 6.30. The van der Waals surface area contributed by atoms with Crippen LogP contribution < -0.4 is 10.1 Å². The summed E-state index contributed by atoms with van der Waals surface area (Å²) in [5, 5.41) is 11.7. The third kappa shape index (κ3) is 5.32. The molecule has 0 aliphatic carbocycles. The Kier molecular flexibility index (Phi) is 6.88. The Morgan fingerprint density at radius 3 is 2.94 bits per heavy atom. The summed E-state index contributed by atoms with van der Waals surface area (Å²) in [5.74, 6) is 1.13. The Bertz CT molecular complexity index is 336. The highest BCUT2D eigenvalue weighted by atomic mass is 79.9. The SMILES string of the molecule is CCNc1ncc(Br)c(OCCCCCO)n1. The van der Waals surface area contributed by atoms with Crippen LogP contribution in [0.5, 0.6) is 5.88 Å². The van der Waals surface area contributed by atoms with Crippen molar-refractivity contribution in [2.24, 2.45) is 0 Å². The lowest BCUT2D eigenvalue weighted by molar-refractivity contribution is 0.262. The molecule has 0 saturated carbocycles. The van der Waals surface area contributed by atoms with Gasteiger partial charge in [0.1, 0.15) is 0 Å². The van der Waals surface area contributed by atoms with E-state index in [0.717, 1.165) is 30.3 Å². The molecular formula is C11H18BrN3O2. The molecule has 5 nitrogen and oxygen atoms in total. The van der Waals surface area contributed by atoms with Crippen molar-refractivity contribution in [2.75, 3.05) is 25.1 Å². The number of unbranched alkanes of at least 4 members (excludes halogenated alkanes) is 2. The van der Waals surface area contributed by atoms with Crippen molar-refractivity contribution in [2.45, 2.75) is 26.2 Å². The van der Waals surface area contributed by atoms with E-state index in [1.165, 1.54) is 0 Å². The first-order chi connectivity index (χ1) is 8.27. The molecule has 0 aliphatic rings. The highest BCUT2D eigenvalue weighted by Gasteiger charge is 2.05. The van der Waals surface area contributed by atoms with Crippen LogP contribution in [-0.4, -0.2) is 34.8 Å². The van der Waals surface area contributed by atoms with Crippen molar-refractivity contribution in [3.05, 3.63) is 10.7 Å². The number of aliphatic hydroxyl groups excluding tert-OH is 1. The van der Waals surface area contributed by atoms with E-state index >= 15 is 0 Å². The van der Waals surface area contributed by atoms with E-state index < -0.39 is 0 Å². The van der Waals surface area contributed by atoms with Crippen LogP contribution in [0.2, 0.25) is 0 Å². The van der Waals surface area contributed by atoms with Gasteiger partial charge in [0.05, 0.1) is 17.3 Å². The van der Waals surface area contributed by atoms with Gasteiger partial charge in [0, 0.05) is 13.2 Å². The first-order valence-corrected chi connectivity index (χ1v) is 6.57. The second-order valence-corrected chi connectivity index (χ2v) is 4.36. The van der Waals surface area contributed by atoms with Crippen molar-refractivity contribution in [3.8, 4) is 5.88 Å². The third-order valence-electron chi connectivity index (χ3n) is 2.09. The first-order valence-electron chi connectivity index (χ1n) is 5.78. The number of aromatic nitrogens is 2. The minimum atomic E-state index is 0.238. The number of aliphatic hydroxyl groups is 1. The number of nitrogens with zero attached hydrogens (tertiary/aromatic N) is 2. The second kappa shape index (κ2) is 8.25. The average molecular weight is 304 g/mol. The molecule has 0 radical (unpaired) electrons. The molecule has 6 heteroatoms. The van der Waals surface area contributed by atoms with Crippen LogP contribution in [-0.2, 0) is 0 Å². The van der Waals surface area contributed by atoms with Crippen molar-refractivity contribution >= 4 is 21.9 Å².